The number of anilines is 1. The number of nitrogens with zero attached hydrogens (tertiary/aromatic N) is 2. The fraction of sp³-hybridized carbons (Fsp3) is 0.571. The number of hydrogen-bond donors (Lipinski definition) is 1. The van der Waals surface area contributed by atoms with Crippen molar-refractivity contribution in [3.05, 3.63) is 30.1 Å². The molecule has 1 fully saturated rings. The molecule has 1 heterocycles. The zero-order chi connectivity index (χ0) is 13.1. The molecule has 1 aromatic carbocycles. The second-order valence-electron chi connectivity index (χ2n) is 5.41. The van der Waals surface area contributed by atoms with Crippen LogP contribution in [0.2, 0.25) is 0 Å². The number of piperazine rings is 1. The highest BCUT2D eigenvalue weighted by Crippen LogP contribution is 2.18. The zero-order valence-corrected chi connectivity index (χ0v) is 11.4. The van der Waals surface area contributed by atoms with E-state index in [4.69, 9.17) is 0 Å². The van der Waals surface area contributed by atoms with E-state index in [1.165, 1.54) is 12.1 Å². The van der Waals surface area contributed by atoms with Gasteiger partial charge in [0.15, 0.2) is 0 Å². The Bertz CT molecular complexity index is 375. The molecule has 3 nitrogen and oxygen atoms in total. The van der Waals surface area contributed by atoms with Gasteiger partial charge in [-0.25, -0.2) is 4.39 Å². The normalized spacial score (nSPS) is 24.6. The van der Waals surface area contributed by atoms with Crippen molar-refractivity contribution in [2.24, 2.45) is 0 Å². The fourth-order valence-electron chi connectivity index (χ4n) is 2.59. The molecule has 0 aliphatic carbocycles. The smallest absolute Gasteiger partial charge is 0.123 e. The van der Waals surface area contributed by atoms with Gasteiger partial charge in [-0.15, -0.1) is 0 Å². The number of hydrogen-bond acceptors (Lipinski definition) is 3. The Balaban J connectivity index is 2.06. The van der Waals surface area contributed by atoms with E-state index in [2.05, 4.69) is 36.1 Å². The molecule has 0 bridgehead atoms. The lowest BCUT2D eigenvalue weighted by molar-refractivity contribution is 0.297. The first kappa shape index (κ1) is 13.3. The minimum atomic E-state index is -0.174. The maximum absolute atomic E-state index is 12.9. The van der Waals surface area contributed by atoms with E-state index in [1.807, 2.05) is 12.1 Å². The molecular formula is C14H22FN3. The van der Waals surface area contributed by atoms with Crippen LogP contribution in [0.5, 0.6) is 0 Å². The highest BCUT2D eigenvalue weighted by Gasteiger charge is 2.24. The van der Waals surface area contributed by atoms with Gasteiger partial charge in [0.1, 0.15) is 5.82 Å². The quantitative estimate of drug-likeness (QED) is 0.879. The van der Waals surface area contributed by atoms with Crippen LogP contribution in [0.15, 0.2) is 24.3 Å². The summed E-state index contributed by atoms with van der Waals surface area (Å²) in [5.74, 6) is -0.174. The monoisotopic (exact) mass is 251 g/mol. The minimum Gasteiger partial charge on any atom is -0.368 e. The second kappa shape index (κ2) is 5.67. The van der Waals surface area contributed by atoms with E-state index in [9.17, 15) is 4.39 Å². The van der Waals surface area contributed by atoms with E-state index < -0.39 is 0 Å². The summed E-state index contributed by atoms with van der Waals surface area (Å²) in [5, 5.41) is 3.60. The number of halogens is 1. The van der Waals surface area contributed by atoms with Crippen LogP contribution in [0.1, 0.15) is 6.92 Å². The van der Waals surface area contributed by atoms with Gasteiger partial charge in [-0.1, -0.05) is 0 Å². The number of nitrogens with one attached hydrogen (secondary N) is 1. The third-order valence-corrected chi connectivity index (χ3v) is 3.23. The van der Waals surface area contributed by atoms with Crippen molar-refractivity contribution in [1.82, 2.24) is 10.2 Å². The van der Waals surface area contributed by atoms with E-state index in [0.717, 1.165) is 25.3 Å². The summed E-state index contributed by atoms with van der Waals surface area (Å²) >= 11 is 0. The Morgan fingerprint density at radius 3 is 2.56 bits per heavy atom. The Hall–Kier alpha value is -1.13. The highest BCUT2D eigenvalue weighted by molar-refractivity contribution is 5.47. The number of rotatable bonds is 3. The van der Waals surface area contributed by atoms with Crippen molar-refractivity contribution in [2.45, 2.75) is 19.0 Å². The topological polar surface area (TPSA) is 18.5 Å². The third-order valence-electron chi connectivity index (χ3n) is 3.23. The van der Waals surface area contributed by atoms with Crippen molar-refractivity contribution in [3.8, 4) is 0 Å². The van der Waals surface area contributed by atoms with Crippen molar-refractivity contribution in [2.75, 3.05) is 38.6 Å². The Morgan fingerprint density at radius 2 is 1.94 bits per heavy atom. The van der Waals surface area contributed by atoms with Gasteiger partial charge >= 0.3 is 0 Å². The zero-order valence-electron chi connectivity index (χ0n) is 11.4. The summed E-state index contributed by atoms with van der Waals surface area (Å²) in [6, 6.07) is 7.69. The number of likely N-dealkylation sites (N-methyl/N-ethyl adjacent to an activating group) is 1. The lowest BCUT2D eigenvalue weighted by Gasteiger charge is -2.40. The van der Waals surface area contributed by atoms with Crippen LogP contribution in [0.25, 0.3) is 0 Å². The predicted octanol–water partition coefficient (Wildman–Crippen LogP) is 1.55. The largest absolute Gasteiger partial charge is 0.368 e. The SMILES string of the molecule is CC1CN(c2ccc(F)cc2)CC(CN(C)C)N1. The van der Waals surface area contributed by atoms with Gasteiger partial charge in [0.25, 0.3) is 0 Å². The third kappa shape index (κ3) is 3.43. The molecule has 1 aromatic rings. The maximum Gasteiger partial charge on any atom is 0.123 e. The molecule has 18 heavy (non-hydrogen) atoms. The lowest BCUT2D eigenvalue weighted by Crippen LogP contribution is -2.58. The molecule has 100 valence electrons. The van der Waals surface area contributed by atoms with Gasteiger partial charge in [0.05, 0.1) is 0 Å². The molecule has 1 aliphatic rings. The fourth-order valence-corrected chi connectivity index (χ4v) is 2.59. The van der Waals surface area contributed by atoms with Gasteiger partial charge in [-0.05, 0) is 45.3 Å². The molecule has 0 saturated carbocycles. The molecule has 0 aromatic heterocycles. The van der Waals surface area contributed by atoms with Crippen molar-refractivity contribution in [3.63, 3.8) is 0 Å². The van der Waals surface area contributed by atoms with E-state index in [0.29, 0.717) is 12.1 Å². The molecular weight excluding hydrogens is 229 g/mol. The van der Waals surface area contributed by atoms with Gasteiger partial charge in [0.2, 0.25) is 0 Å². The van der Waals surface area contributed by atoms with E-state index >= 15 is 0 Å². The Morgan fingerprint density at radius 1 is 1.28 bits per heavy atom. The summed E-state index contributed by atoms with van der Waals surface area (Å²) < 4.78 is 12.9. The van der Waals surface area contributed by atoms with Crippen molar-refractivity contribution >= 4 is 5.69 Å². The number of benzene rings is 1. The molecule has 2 rings (SSSR count). The molecule has 1 aliphatic heterocycles. The summed E-state index contributed by atoms with van der Waals surface area (Å²) in [5.41, 5.74) is 1.11. The average Bonchev–Trinajstić information content (AvgIpc) is 2.28. The van der Waals surface area contributed by atoms with Crippen LogP contribution in [-0.4, -0.2) is 50.7 Å². The molecule has 4 heteroatoms. The van der Waals surface area contributed by atoms with Gasteiger partial charge < -0.3 is 15.1 Å². The Kier molecular flexibility index (Phi) is 4.19. The van der Waals surface area contributed by atoms with Crippen LogP contribution >= 0.6 is 0 Å². The van der Waals surface area contributed by atoms with Crippen LogP contribution in [0.4, 0.5) is 10.1 Å². The lowest BCUT2D eigenvalue weighted by atomic mass is 10.1. The first-order valence-electron chi connectivity index (χ1n) is 6.46. The van der Waals surface area contributed by atoms with Crippen LogP contribution in [0, 0.1) is 5.82 Å². The molecule has 0 spiro atoms. The first-order valence-corrected chi connectivity index (χ1v) is 6.46. The summed E-state index contributed by atoms with van der Waals surface area (Å²) in [6.45, 7) is 5.14. The second-order valence-corrected chi connectivity index (χ2v) is 5.41. The Labute approximate surface area is 109 Å². The summed E-state index contributed by atoms with van der Waals surface area (Å²) in [6.07, 6.45) is 0. The molecule has 0 amide bonds. The van der Waals surface area contributed by atoms with Gasteiger partial charge in [0, 0.05) is 37.4 Å². The molecule has 1 saturated heterocycles. The average molecular weight is 251 g/mol. The maximum atomic E-state index is 12.9. The van der Waals surface area contributed by atoms with Gasteiger partial charge in [-0.3, -0.25) is 0 Å². The van der Waals surface area contributed by atoms with Crippen molar-refractivity contribution in [1.29, 1.82) is 0 Å². The molecule has 1 N–H and O–H groups in total. The van der Waals surface area contributed by atoms with E-state index in [1.54, 1.807) is 0 Å². The standard InChI is InChI=1S/C14H22FN3/c1-11-8-18(10-13(16-11)9-17(2)3)14-6-4-12(15)5-7-14/h4-7,11,13,16H,8-10H2,1-3H3. The van der Waals surface area contributed by atoms with Crippen molar-refractivity contribution < 1.29 is 4.39 Å². The minimum absolute atomic E-state index is 0.174. The first-order chi connectivity index (χ1) is 8.54. The van der Waals surface area contributed by atoms with Crippen LogP contribution in [-0.2, 0) is 0 Å². The van der Waals surface area contributed by atoms with Crippen LogP contribution in [0.3, 0.4) is 0 Å². The summed E-state index contributed by atoms with van der Waals surface area (Å²) in [7, 11) is 4.17. The molecule has 2 atom stereocenters. The van der Waals surface area contributed by atoms with E-state index in [-0.39, 0.29) is 5.82 Å². The molecule has 2 unspecified atom stereocenters. The predicted molar refractivity (Wildman–Crippen MR) is 73.6 cm³/mol. The highest BCUT2D eigenvalue weighted by atomic mass is 19.1. The van der Waals surface area contributed by atoms with Crippen LogP contribution < -0.4 is 10.2 Å². The summed E-state index contributed by atoms with van der Waals surface area (Å²) in [4.78, 5) is 4.52. The molecule has 0 radical (unpaired) electrons. The van der Waals surface area contributed by atoms with Gasteiger partial charge in [-0.2, -0.15) is 0 Å².